The number of amides is 1. The van der Waals surface area contributed by atoms with Crippen LogP contribution in [0.4, 0.5) is 5.69 Å². The van der Waals surface area contributed by atoms with Crippen LogP contribution in [0.25, 0.3) is 0 Å². The van der Waals surface area contributed by atoms with E-state index >= 15 is 0 Å². The highest BCUT2D eigenvalue weighted by atomic mass is 32.2. The Labute approximate surface area is 166 Å². The number of nitrogens with one attached hydrogen (secondary N) is 2. The molecule has 0 aliphatic heterocycles. The van der Waals surface area contributed by atoms with Crippen molar-refractivity contribution in [2.45, 2.75) is 32.2 Å². The largest absolute Gasteiger partial charge is 0.493 e. The summed E-state index contributed by atoms with van der Waals surface area (Å²) in [5.74, 6) is 0.720. The van der Waals surface area contributed by atoms with Gasteiger partial charge in [0.2, 0.25) is 5.91 Å². The maximum absolute atomic E-state index is 12.6. The van der Waals surface area contributed by atoms with E-state index in [9.17, 15) is 13.2 Å². The predicted octanol–water partition coefficient (Wildman–Crippen LogP) is 3.17. The van der Waals surface area contributed by atoms with Gasteiger partial charge >= 0.3 is 10.1 Å². The van der Waals surface area contributed by atoms with E-state index in [-0.39, 0.29) is 16.6 Å². The van der Waals surface area contributed by atoms with Crippen LogP contribution in [-0.2, 0) is 21.5 Å². The third-order valence-corrected chi connectivity index (χ3v) is 5.02. The molecule has 8 heteroatoms. The molecule has 2 aromatic carbocycles. The first-order valence-corrected chi connectivity index (χ1v) is 10.3. The lowest BCUT2D eigenvalue weighted by Gasteiger charge is -2.13. The second kappa shape index (κ2) is 9.57. The molecule has 0 fully saturated rings. The molecule has 2 rings (SSSR count). The van der Waals surface area contributed by atoms with E-state index in [0.717, 1.165) is 12.1 Å². The summed E-state index contributed by atoms with van der Waals surface area (Å²) in [6.07, 6.45) is 0. The van der Waals surface area contributed by atoms with Crippen molar-refractivity contribution in [3.05, 3.63) is 48.0 Å². The van der Waals surface area contributed by atoms with Crippen molar-refractivity contribution in [1.82, 2.24) is 5.32 Å². The first-order chi connectivity index (χ1) is 13.2. The molecule has 0 aliphatic carbocycles. The van der Waals surface area contributed by atoms with Crippen LogP contribution in [0.5, 0.6) is 11.5 Å². The number of carbonyl (C=O) groups excluding carboxylic acids is 1. The zero-order valence-corrected chi connectivity index (χ0v) is 17.3. The fourth-order valence-electron chi connectivity index (χ4n) is 2.48. The third-order valence-electron chi connectivity index (χ3n) is 3.77. The van der Waals surface area contributed by atoms with Gasteiger partial charge in [-0.2, -0.15) is 8.42 Å². The number of rotatable bonds is 9. The lowest BCUT2D eigenvalue weighted by atomic mass is 10.2. The highest BCUT2D eigenvalue weighted by Crippen LogP contribution is 2.31. The Morgan fingerprint density at radius 3 is 2.32 bits per heavy atom. The zero-order valence-electron chi connectivity index (χ0n) is 16.5. The topological polar surface area (TPSA) is 93.7 Å². The molecule has 0 heterocycles. The first kappa shape index (κ1) is 21.7. The van der Waals surface area contributed by atoms with Crippen LogP contribution in [0.1, 0.15) is 26.3 Å². The Hall–Kier alpha value is -2.58. The van der Waals surface area contributed by atoms with Crippen molar-refractivity contribution in [2.75, 3.05) is 19.0 Å². The molecule has 28 heavy (non-hydrogen) atoms. The molecular weight excluding hydrogens is 380 g/mol. The number of hydrogen-bond acceptors (Lipinski definition) is 6. The Balaban J connectivity index is 2.20. The Bertz CT molecular complexity index is 909. The summed E-state index contributed by atoms with van der Waals surface area (Å²) >= 11 is 0. The molecule has 2 aromatic rings. The molecule has 152 valence electrons. The molecule has 7 nitrogen and oxygen atoms in total. The van der Waals surface area contributed by atoms with E-state index in [1.165, 1.54) is 38.3 Å². The highest BCUT2D eigenvalue weighted by molar-refractivity contribution is 7.87. The maximum Gasteiger partial charge on any atom is 0.339 e. The molecular formula is C20H26N2O5S. The Morgan fingerprint density at radius 2 is 1.75 bits per heavy atom. The molecule has 0 saturated heterocycles. The Morgan fingerprint density at radius 1 is 1.07 bits per heavy atom. The van der Waals surface area contributed by atoms with Crippen LogP contribution in [0.2, 0.25) is 0 Å². The van der Waals surface area contributed by atoms with Gasteiger partial charge in [-0.1, -0.05) is 19.9 Å². The van der Waals surface area contributed by atoms with Gasteiger partial charge in [-0.3, -0.25) is 4.79 Å². The Kier molecular flexibility index (Phi) is 7.42. The first-order valence-electron chi connectivity index (χ1n) is 8.91. The minimum atomic E-state index is -4.05. The van der Waals surface area contributed by atoms with Gasteiger partial charge in [-0.15, -0.1) is 0 Å². The molecule has 0 spiro atoms. The number of benzene rings is 2. The molecule has 2 N–H and O–H groups in total. The number of anilines is 1. The molecule has 0 radical (unpaired) electrons. The SMILES string of the molecule is COc1ccc(CNCC(C)C)cc1OS(=O)(=O)c1ccc(NC(C)=O)cc1. The van der Waals surface area contributed by atoms with Crippen molar-refractivity contribution < 1.29 is 22.1 Å². The second-order valence-corrected chi connectivity index (χ2v) is 8.30. The van der Waals surface area contributed by atoms with Gasteiger partial charge in [-0.25, -0.2) is 0 Å². The van der Waals surface area contributed by atoms with Crippen LogP contribution in [0, 0.1) is 5.92 Å². The molecule has 0 bridgehead atoms. The van der Waals surface area contributed by atoms with Crippen LogP contribution >= 0.6 is 0 Å². The van der Waals surface area contributed by atoms with E-state index in [1.807, 2.05) is 6.07 Å². The van der Waals surface area contributed by atoms with Crippen molar-refractivity contribution in [2.24, 2.45) is 5.92 Å². The fraction of sp³-hybridized carbons (Fsp3) is 0.350. The second-order valence-electron chi connectivity index (χ2n) is 6.75. The minimum absolute atomic E-state index is 0.0213. The predicted molar refractivity (Wildman–Crippen MR) is 108 cm³/mol. The highest BCUT2D eigenvalue weighted by Gasteiger charge is 2.19. The van der Waals surface area contributed by atoms with Gasteiger partial charge in [0.25, 0.3) is 0 Å². The maximum atomic E-state index is 12.6. The molecule has 0 atom stereocenters. The van der Waals surface area contributed by atoms with Crippen LogP contribution in [0.15, 0.2) is 47.4 Å². The summed E-state index contributed by atoms with van der Waals surface area (Å²) in [6, 6.07) is 10.9. The normalized spacial score (nSPS) is 11.3. The average molecular weight is 407 g/mol. The molecule has 0 saturated carbocycles. The van der Waals surface area contributed by atoms with E-state index < -0.39 is 10.1 Å². The third kappa shape index (κ3) is 6.24. The summed E-state index contributed by atoms with van der Waals surface area (Å²) in [7, 11) is -2.60. The van der Waals surface area contributed by atoms with E-state index in [0.29, 0.717) is 23.9 Å². The summed E-state index contributed by atoms with van der Waals surface area (Å²) in [5.41, 5.74) is 1.38. The van der Waals surface area contributed by atoms with Gasteiger partial charge in [0.15, 0.2) is 11.5 Å². The van der Waals surface area contributed by atoms with E-state index in [4.69, 9.17) is 8.92 Å². The van der Waals surface area contributed by atoms with Crippen molar-refractivity contribution in [1.29, 1.82) is 0 Å². The van der Waals surface area contributed by atoms with Crippen molar-refractivity contribution in [3.8, 4) is 11.5 Å². The van der Waals surface area contributed by atoms with Crippen LogP contribution in [-0.4, -0.2) is 28.0 Å². The minimum Gasteiger partial charge on any atom is -0.493 e. The zero-order chi connectivity index (χ0) is 20.7. The van der Waals surface area contributed by atoms with Crippen molar-refractivity contribution in [3.63, 3.8) is 0 Å². The molecule has 0 unspecified atom stereocenters. The summed E-state index contributed by atoms with van der Waals surface area (Å²) in [4.78, 5) is 11.1. The monoisotopic (exact) mass is 406 g/mol. The van der Waals surface area contributed by atoms with Gasteiger partial charge in [0.1, 0.15) is 4.90 Å². The summed E-state index contributed by atoms with van der Waals surface area (Å²) in [6.45, 7) is 7.03. The summed E-state index contributed by atoms with van der Waals surface area (Å²) in [5, 5.41) is 5.89. The number of methoxy groups -OCH3 is 1. The van der Waals surface area contributed by atoms with E-state index in [1.54, 1.807) is 12.1 Å². The van der Waals surface area contributed by atoms with Crippen molar-refractivity contribution >= 4 is 21.7 Å². The molecule has 1 amide bonds. The van der Waals surface area contributed by atoms with Gasteiger partial charge in [0, 0.05) is 19.2 Å². The lowest BCUT2D eigenvalue weighted by Crippen LogP contribution is -2.19. The van der Waals surface area contributed by atoms with Gasteiger partial charge in [-0.05, 0) is 54.4 Å². The quantitative estimate of drug-likeness (QED) is 0.621. The van der Waals surface area contributed by atoms with Gasteiger partial charge in [0.05, 0.1) is 7.11 Å². The van der Waals surface area contributed by atoms with E-state index in [2.05, 4.69) is 24.5 Å². The van der Waals surface area contributed by atoms with Crippen LogP contribution in [0.3, 0.4) is 0 Å². The number of carbonyl (C=O) groups is 1. The lowest BCUT2D eigenvalue weighted by molar-refractivity contribution is -0.114. The van der Waals surface area contributed by atoms with Gasteiger partial charge < -0.3 is 19.6 Å². The number of hydrogen-bond donors (Lipinski definition) is 2. The smallest absolute Gasteiger partial charge is 0.339 e. The fourth-order valence-corrected chi connectivity index (χ4v) is 3.41. The molecule has 0 aromatic heterocycles. The summed E-state index contributed by atoms with van der Waals surface area (Å²) < 4.78 is 35.8. The molecule has 0 aliphatic rings. The average Bonchev–Trinajstić information content (AvgIpc) is 2.61. The number of ether oxygens (including phenoxy) is 1. The van der Waals surface area contributed by atoms with Crippen LogP contribution < -0.4 is 19.6 Å². The standard InChI is InChI=1S/C20H26N2O5S/c1-14(2)12-21-13-16-5-10-19(26-4)20(11-16)27-28(24,25)18-8-6-17(7-9-18)22-15(3)23/h5-11,14,21H,12-13H2,1-4H3,(H,22,23).